The number of thiophene rings is 1. The molecule has 140 valence electrons. The second-order valence-corrected chi connectivity index (χ2v) is 8.11. The van der Waals surface area contributed by atoms with Crippen molar-refractivity contribution in [1.82, 2.24) is 9.88 Å². The zero-order valence-electron chi connectivity index (χ0n) is 14.9. The first kappa shape index (κ1) is 18.3. The number of nitrogens with one attached hydrogen (secondary N) is 1. The Kier molecular flexibility index (Phi) is 5.94. The van der Waals surface area contributed by atoms with Crippen molar-refractivity contribution in [3.05, 3.63) is 57.7 Å². The van der Waals surface area contributed by atoms with E-state index in [4.69, 9.17) is 4.74 Å². The van der Waals surface area contributed by atoms with Crippen LogP contribution in [0.3, 0.4) is 0 Å². The molecule has 0 saturated carbocycles. The van der Waals surface area contributed by atoms with Gasteiger partial charge in [-0.25, -0.2) is 4.98 Å². The van der Waals surface area contributed by atoms with Crippen LogP contribution in [0.4, 0.5) is 5.69 Å². The fourth-order valence-electron chi connectivity index (χ4n) is 3.04. The number of nitrogens with zero attached hydrogens (tertiary/aromatic N) is 2. The zero-order valence-corrected chi connectivity index (χ0v) is 16.5. The van der Waals surface area contributed by atoms with Gasteiger partial charge in [-0.2, -0.15) is 11.3 Å². The van der Waals surface area contributed by atoms with Gasteiger partial charge in [0.05, 0.1) is 25.3 Å². The fourth-order valence-corrected chi connectivity index (χ4v) is 4.57. The first-order valence-corrected chi connectivity index (χ1v) is 10.7. The van der Waals surface area contributed by atoms with Gasteiger partial charge in [0.1, 0.15) is 5.01 Å². The lowest BCUT2D eigenvalue weighted by atomic mass is 10.1. The van der Waals surface area contributed by atoms with Crippen LogP contribution in [0.1, 0.15) is 11.3 Å². The molecule has 1 aliphatic heterocycles. The van der Waals surface area contributed by atoms with Crippen molar-refractivity contribution in [3.8, 4) is 10.6 Å². The van der Waals surface area contributed by atoms with Crippen LogP contribution in [0.2, 0.25) is 0 Å². The highest BCUT2D eigenvalue weighted by Gasteiger charge is 2.12. The number of ether oxygens (including phenoxy) is 1. The van der Waals surface area contributed by atoms with Crippen molar-refractivity contribution in [1.29, 1.82) is 0 Å². The van der Waals surface area contributed by atoms with E-state index < -0.39 is 0 Å². The standard InChI is InChI=1S/C20H21N3O2S2/c24-19(11-18-14-27-20(22-18)16-4-9-26-13-16)21-17-3-1-2-15(10-17)12-23-5-7-25-8-6-23/h1-4,9-10,13-14H,5-8,11-12H2,(H,21,24). The molecule has 5 nitrogen and oxygen atoms in total. The molecule has 27 heavy (non-hydrogen) atoms. The van der Waals surface area contributed by atoms with Gasteiger partial charge in [0.2, 0.25) is 5.91 Å². The summed E-state index contributed by atoms with van der Waals surface area (Å²) in [5, 5.41) is 10.0. The molecule has 3 aromatic rings. The molecule has 1 aromatic carbocycles. The molecule has 1 aliphatic rings. The van der Waals surface area contributed by atoms with Crippen LogP contribution < -0.4 is 5.32 Å². The highest BCUT2D eigenvalue weighted by Crippen LogP contribution is 2.26. The monoisotopic (exact) mass is 399 g/mol. The zero-order chi connectivity index (χ0) is 18.5. The summed E-state index contributed by atoms with van der Waals surface area (Å²) >= 11 is 3.23. The van der Waals surface area contributed by atoms with Gasteiger partial charge in [-0.05, 0) is 29.1 Å². The molecule has 0 radical (unpaired) electrons. The van der Waals surface area contributed by atoms with E-state index in [1.807, 2.05) is 35.0 Å². The summed E-state index contributed by atoms with van der Waals surface area (Å²) in [6.07, 6.45) is 0.286. The number of benzene rings is 1. The minimum absolute atomic E-state index is 0.0410. The molecular formula is C20H21N3O2S2. The van der Waals surface area contributed by atoms with Crippen molar-refractivity contribution in [2.75, 3.05) is 31.6 Å². The summed E-state index contributed by atoms with van der Waals surface area (Å²) in [5.74, 6) is -0.0410. The smallest absolute Gasteiger partial charge is 0.230 e. The second kappa shape index (κ2) is 8.75. The number of aromatic nitrogens is 1. The topological polar surface area (TPSA) is 54.5 Å². The van der Waals surface area contributed by atoms with E-state index in [9.17, 15) is 4.79 Å². The van der Waals surface area contributed by atoms with Gasteiger partial charge in [-0.1, -0.05) is 12.1 Å². The third-order valence-electron chi connectivity index (χ3n) is 4.38. The summed E-state index contributed by atoms with van der Waals surface area (Å²) in [6, 6.07) is 10.1. The highest BCUT2D eigenvalue weighted by molar-refractivity contribution is 7.14. The minimum Gasteiger partial charge on any atom is -0.379 e. The van der Waals surface area contributed by atoms with Crippen LogP contribution in [0.25, 0.3) is 10.6 Å². The van der Waals surface area contributed by atoms with Gasteiger partial charge < -0.3 is 10.1 Å². The third kappa shape index (κ3) is 5.01. The summed E-state index contributed by atoms with van der Waals surface area (Å²) in [7, 11) is 0. The van der Waals surface area contributed by atoms with Crippen molar-refractivity contribution < 1.29 is 9.53 Å². The molecule has 0 atom stereocenters. The normalized spacial score (nSPS) is 15.0. The van der Waals surface area contributed by atoms with Gasteiger partial charge in [0.25, 0.3) is 0 Å². The van der Waals surface area contributed by atoms with Crippen molar-refractivity contribution in [2.45, 2.75) is 13.0 Å². The number of hydrogen-bond acceptors (Lipinski definition) is 6. The number of carbonyl (C=O) groups is 1. The van der Waals surface area contributed by atoms with E-state index in [1.165, 1.54) is 5.56 Å². The summed E-state index contributed by atoms with van der Waals surface area (Å²) in [4.78, 5) is 19.3. The number of carbonyl (C=O) groups excluding carboxylic acids is 1. The molecule has 1 N–H and O–H groups in total. The molecule has 2 aromatic heterocycles. The van der Waals surface area contributed by atoms with Crippen LogP contribution in [-0.4, -0.2) is 42.1 Å². The van der Waals surface area contributed by atoms with Gasteiger partial charge in [-0.3, -0.25) is 9.69 Å². The van der Waals surface area contributed by atoms with E-state index in [0.29, 0.717) is 0 Å². The molecule has 1 fully saturated rings. The van der Waals surface area contributed by atoms with E-state index >= 15 is 0 Å². The quantitative estimate of drug-likeness (QED) is 0.683. The predicted molar refractivity (Wildman–Crippen MR) is 110 cm³/mol. The van der Waals surface area contributed by atoms with Crippen LogP contribution >= 0.6 is 22.7 Å². The third-order valence-corrected chi connectivity index (χ3v) is 6.01. The van der Waals surface area contributed by atoms with Crippen molar-refractivity contribution >= 4 is 34.3 Å². The summed E-state index contributed by atoms with van der Waals surface area (Å²) in [5.41, 5.74) is 3.96. The average molecular weight is 400 g/mol. The lowest BCUT2D eigenvalue weighted by Gasteiger charge is -2.26. The maximum absolute atomic E-state index is 12.4. The fraction of sp³-hybridized carbons (Fsp3) is 0.300. The first-order chi connectivity index (χ1) is 13.3. The molecule has 1 amide bonds. The van der Waals surface area contributed by atoms with E-state index in [0.717, 1.165) is 54.8 Å². The summed E-state index contributed by atoms with van der Waals surface area (Å²) < 4.78 is 5.39. The number of thiazole rings is 1. The van der Waals surface area contributed by atoms with E-state index in [1.54, 1.807) is 22.7 Å². The van der Waals surface area contributed by atoms with Crippen LogP contribution in [0, 0.1) is 0 Å². The molecular weight excluding hydrogens is 378 g/mol. The Bertz CT molecular complexity index is 886. The highest BCUT2D eigenvalue weighted by atomic mass is 32.1. The summed E-state index contributed by atoms with van der Waals surface area (Å²) in [6.45, 7) is 4.36. The van der Waals surface area contributed by atoms with Gasteiger partial charge in [-0.15, -0.1) is 11.3 Å². The Morgan fingerprint density at radius 1 is 1.22 bits per heavy atom. The Balaban J connectivity index is 1.34. The van der Waals surface area contributed by atoms with Crippen LogP contribution in [-0.2, 0) is 22.5 Å². The average Bonchev–Trinajstić information content (AvgIpc) is 3.34. The molecule has 3 heterocycles. The first-order valence-electron chi connectivity index (χ1n) is 8.92. The van der Waals surface area contributed by atoms with Gasteiger partial charge in [0.15, 0.2) is 0 Å². The number of hydrogen-bond donors (Lipinski definition) is 1. The lowest BCUT2D eigenvalue weighted by molar-refractivity contribution is -0.115. The lowest BCUT2D eigenvalue weighted by Crippen LogP contribution is -2.35. The Hall–Kier alpha value is -2.06. The number of morpholine rings is 1. The Morgan fingerprint density at radius 2 is 2.11 bits per heavy atom. The second-order valence-electron chi connectivity index (χ2n) is 6.47. The minimum atomic E-state index is -0.0410. The Morgan fingerprint density at radius 3 is 2.93 bits per heavy atom. The number of rotatable bonds is 6. The van der Waals surface area contributed by atoms with Crippen LogP contribution in [0.5, 0.6) is 0 Å². The maximum atomic E-state index is 12.4. The van der Waals surface area contributed by atoms with Gasteiger partial charge in [0, 0.05) is 41.6 Å². The molecule has 0 spiro atoms. The molecule has 0 bridgehead atoms. The maximum Gasteiger partial charge on any atom is 0.230 e. The van der Waals surface area contributed by atoms with Crippen molar-refractivity contribution in [3.63, 3.8) is 0 Å². The van der Waals surface area contributed by atoms with E-state index in [-0.39, 0.29) is 12.3 Å². The van der Waals surface area contributed by atoms with Crippen LogP contribution in [0.15, 0.2) is 46.5 Å². The molecule has 1 saturated heterocycles. The molecule has 0 unspecified atom stereocenters. The van der Waals surface area contributed by atoms with Crippen molar-refractivity contribution in [2.24, 2.45) is 0 Å². The van der Waals surface area contributed by atoms with Gasteiger partial charge >= 0.3 is 0 Å². The predicted octanol–water partition coefficient (Wildman–Crippen LogP) is 3.89. The molecule has 0 aliphatic carbocycles. The van der Waals surface area contributed by atoms with E-state index in [2.05, 4.69) is 26.6 Å². The SMILES string of the molecule is O=C(Cc1csc(-c2ccsc2)n1)Nc1cccc(CN2CCOCC2)c1. The Labute approximate surface area is 166 Å². The number of anilines is 1. The number of amides is 1. The molecule has 4 rings (SSSR count). The molecule has 7 heteroatoms. The largest absolute Gasteiger partial charge is 0.379 e.